The standard InChI is InChI=1S/C17H18O3/c1-12-6-5-7-13(10-12)11-15(17(18)19)14-8-3-4-9-16(14)20-2/h3-10,15H,11H2,1-2H3,(H,18,19). The van der Waals surface area contributed by atoms with Crippen LogP contribution in [0.25, 0.3) is 0 Å². The summed E-state index contributed by atoms with van der Waals surface area (Å²) in [5.74, 6) is -0.823. The van der Waals surface area contributed by atoms with Crippen molar-refractivity contribution in [1.82, 2.24) is 0 Å². The number of carboxylic acid groups (broad SMARTS) is 1. The second-order valence-electron chi connectivity index (χ2n) is 4.83. The summed E-state index contributed by atoms with van der Waals surface area (Å²) >= 11 is 0. The van der Waals surface area contributed by atoms with Gasteiger partial charge in [-0.1, -0.05) is 48.0 Å². The fourth-order valence-electron chi connectivity index (χ4n) is 2.36. The molecule has 0 spiro atoms. The minimum atomic E-state index is -0.837. The second kappa shape index (κ2) is 6.24. The van der Waals surface area contributed by atoms with Gasteiger partial charge in [0.15, 0.2) is 0 Å². The molecule has 0 saturated carbocycles. The van der Waals surface area contributed by atoms with E-state index in [0.29, 0.717) is 17.7 Å². The second-order valence-corrected chi connectivity index (χ2v) is 4.83. The molecular formula is C17H18O3. The summed E-state index contributed by atoms with van der Waals surface area (Å²) in [5, 5.41) is 9.52. The fraction of sp³-hybridized carbons (Fsp3) is 0.235. The van der Waals surface area contributed by atoms with Gasteiger partial charge in [-0.05, 0) is 25.0 Å². The van der Waals surface area contributed by atoms with Gasteiger partial charge in [0, 0.05) is 5.56 Å². The molecule has 0 aliphatic heterocycles. The van der Waals surface area contributed by atoms with E-state index in [2.05, 4.69) is 0 Å². The molecule has 104 valence electrons. The Morgan fingerprint density at radius 2 is 1.95 bits per heavy atom. The van der Waals surface area contributed by atoms with E-state index in [9.17, 15) is 9.90 Å². The molecule has 0 fully saturated rings. The Kier molecular flexibility index (Phi) is 4.41. The molecular weight excluding hydrogens is 252 g/mol. The average molecular weight is 270 g/mol. The van der Waals surface area contributed by atoms with Gasteiger partial charge >= 0.3 is 5.97 Å². The molecule has 0 heterocycles. The Bertz CT molecular complexity index is 605. The summed E-state index contributed by atoms with van der Waals surface area (Å²) in [5.41, 5.74) is 2.86. The number of carboxylic acids is 1. The zero-order chi connectivity index (χ0) is 14.5. The van der Waals surface area contributed by atoms with Crippen molar-refractivity contribution in [2.75, 3.05) is 7.11 Å². The number of aryl methyl sites for hydroxylation is 1. The molecule has 0 amide bonds. The first-order valence-electron chi connectivity index (χ1n) is 6.53. The van der Waals surface area contributed by atoms with Crippen molar-refractivity contribution in [3.8, 4) is 5.75 Å². The van der Waals surface area contributed by atoms with Gasteiger partial charge in [0.1, 0.15) is 5.75 Å². The Morgan fingerprint density at radius 1 is 1.20 bits per heavy atom. The van der Waals surface area contributed by atoms with Crippen molar-refractivity contribution in [2.24, 2.45) is 0 Å². The Morgan fingerprint density at radius 3 is 2.60 bits per heavy atom. The van der Waals surface area contributed by atoms with Gasteiger partial charge in [-0.15, -0.1) is 0 Å². The zero-order valence-electron chi connectivity index (χ0n) is 11.7. The number of rotatable bonds is 5. The van der Waals surface area contributed by atoms with E-state index in [1.807, 2.05) is 49.4 Å². The fourth-order valence-corrected chi connectivity index (χ4v) is 2.36. The lowest BCUT2D eigenvalue weighted by Crippen LogP contribution is -2.15. The molecule has 0 bridgehead atoms. The lowest BCUT2D eigenvalue weighted by molar-refractivity contribution is -0.138. The molecule has 20 heavy (non-hydrogen) atoms. The van der Waals surface area contributed by atoms with Crippen LogP contribution in [0.5, 0.6) is 5.75 Å². The summed E-state index contributed by atoms with van der Waals surface area (Å²) in [6.45, 7) is 2.00. The molecule has 2 aromatic carbocycles. The van der Waals surface area contributed by atoms with Crippen LogP contribution in [-0.2, 0) is 11.2 Å². The first kappa shape index (κ1) is 14.1. The maximum Gasteiger partial charge on any atom is 0.311 e. The van der Waals surface area contributed by atoms with E-state index in [1.54, 1.807) is 13.2 Å². The number of hydrogen-bond acceptors (Lipinski definition) is 2. The highest BCUT2D eigenvalue weighted by Gasteiger charge is 2.23. The molecule has 0 saturated heterocycles. The summed E-state index contributed by atoms with van der Waals surface area (Å²) < 4.78 is 5.27. The lowest BCUT2D eigenvalue weighted by Gasteiger charge is -2.16. The molecule has 0 aliphatic rings. The van der Waals surface area contributed by atoms with Crippen LogP contribution in [0, 0.1) is 6.92 Å². The van der Waals surface area contributed by atoms with Crippen molar-refractivity contribution in [3.63, 3.8) is 0 Å². The van der Waals surface area contributed by atoms with Crippen LogP contribution < -0.4 is 4.74 Å². The Balaban J connectivity index is 2.34. The third kappa shape index (κ3) is 3.18. The maximum absolute atomic E-state index is 11.6. The van der Waals surface area contributed by atoms with Crippen molar-refractivity contribution >= 4 is 5.97 Å². The molecule has 0 aromatic heterocycles. The monoisotopic (exact) mass is 270 g/mol. The van der Waals surface area contributed by atoms with Gasteiger partial charge in [-0.3, -0.25) is 4.79 Å². The number of ether oxygens (including phenoxy) is 1. The molecule has 1 atom stereocenters. The smallest absolute Gasteiger partial charge is 0.311 e. The molecule has 1 unspecified atom stereocenters. The van der Waals surface area contributed by atoms with E-state index >= 15 is 0 Å². The summed E-state index contributed by atoms with van der Waals surface area (Å²) in [6.07, 6.45) is 0.456. The Labute approximate surface area is 118 Å². The summed E-state index contributed by atoms with van der Waals surface area (Å²) in [7, 11) is 1.56. The summed E-state index contributed by atoms with van der Waals surface area (Å²) in [6, 6.07) is 15.2. The van der Waals surface area contributed by atoms with Crippen molar-refractivity contribution in [2.45, 2.75) is 19.3 Å². The highest BCUT2D eigenvalue weighted by Crippen LogP contribution is 2.29. The molecule has 2 aromatic rings. The normalized spacial score (nSPS) is 11.9. The van der Waals surface area contributed by atoms with Crippen LogP contribution in [0.3, 0.4) is 0 Å². The first-order chi connectivity index (χ1) is 9.61. The maximum atomic E-state index is 11.6. The van der Waals surface area contributed by atoms with Gasteiger partial charge in [0.25, 0.3) is 0 Å². The van der Waals surface area contributed by atoms with Gasteiger partial charge in [0.05, 0.1) is 13.0 Å². The van der Waals surface area contributed by atoms with E-state index in [-0.39, 0.29) is 0 Å². The third-order valence-corrected chi connectivity index (χ3v) is 3.33. The first-order valence-corrected chi connectivity index (χ1v) is 6.53. The zero-order valence-corrected chi connectivity index (χ0v) is 11.7. The topological polar surface area (TPSA) is 46.5 Å². The SMILES string of the molecule is COc1ccccc1C(Cc1cccc(C)c1)C(=O)O. The molecule has 0 aliphatic carbocycles. The van der Waals surface area contributed by atoms with E-state index in [4.69, 9.17) is 4.74 Å². The number of carbonyl (C=O) groups is 1. The minimum Gasteiger partial charge on any atom is -0.496 e. The van der Waals surface area contributed by atoms with E-state index in [1.165, 1.54) is 0 Å². The lowest BCUT2D eigenvalue weighted by atomic mass is 9.91. The molecule has 1 N–H and O–H groups in total. The highest BCUT2D eigenvalue weighted by atomic mass is 16.5. The van der Waals surface area contributed by atoms with Crippen LogP contribution in [0.1, 0.15) is 22.6 Å². The number of methoxy groups -OCH3 is 1. The van der Waals surface area contributed by atoms with Gasteiger partial charge in [-0.2, -0.15) is 0 Å². The molecule has 3 nitrogen and oxygen atoms in total. The third-order valence-electron chi connectivity index (χ3n) is 3.33. The molecule has 2 rings (SSSR count). The van der Waals surface area contributed by atoms with Crippen LogP contribution in [0.15, 0.2) is 48.5 Å². The summed E-state index contributed by atoms with van der Waals surface area (Å²) in [4.78, 5) is 11.6. The van der Waals surface area contributed by atoms with Crippen molar-refractivity contribution in [3.05, 3.63) is 65.2 Å². The van der Waals surface area contributed by atoms with Crippen LogP contribution in [-0.4, -0.2) is 18.2 Å². The quantitative estimate of drug-likeness (QED) is 0.905. The van der Waals surface area contributed by atoms with Gasteiger partial charge in [0.2, 0.25) is 0 Å². The molecule has 0 radical (unpaired) electrons. The van der Waals surface area contributed by atoms with Crippen LogP contribution in [0.4, 0.5) is 0 Å². The van der Waals surface area contributed by atoms with Crippen molar-refractivity contribution in [1.29, 1.82) is 0 Å². The van der Waals surface area contributed by atoms with Crippen molar-refractivity contribution < 1.29 is 14.6 Å². The number of benzene rings is 2. The van der Waals surface area contributed by atoms with Gasteiger partial charge < -0.3 is 9.84 Å². The van der Waals surface area contributed by atoms with Crippen LogP contribution >= 0.6 is 0 Å². The highest BCUT2D eigenvalue weighted by molar-refractivity contribution is 5.77. The minimum absolute atomic E-state index is 0.456. The predicted octanol–water partition coefficient (Wildman–Crippen LogP) is 3.41. The van der Waals surface area contributed by atoms with Crippen LogP contribution in [0.2, 0.25) is 0 Å². The Hall–Kier alpha value is -2.29. The number of aliphatic carboxylic acids is 1. The van der Waals surface area contributed by atoms with E-state index in [0.717, 1.165) is 11.1 Å². The van der Waals surface area contributed by atoms with Gasteiger partial charge in [-0.25, -0.2) is 0 Å². The number of hydrogen-bond donors (Lipinski definition) is 1. The number of para-hydroxylation sites is 1. The molecule has 3 heteroatoms. The largest absolute Gasteiger partial charge is 0.496 e. The predicted molar refractivity (Wildman–Crippen MR) is 78.3 cm³/mol. The van der Waals surface area contributed by atoms with E-state index < -0.39 is 11.9 Å². The average Bonchev–Trinajstić information content (AvgIpc) is 2.44.